The number of aliphatic hydroxyl groups excluding tert-OH is 1. The summed E-state index contributed by atoms with van der Waals surface area (Å²) in [6, 6.07) is 6.85. The van der Waals surface area contributed by atoms with E-state index < -0.39 is 0 Å². The van der Waals surface area contributed by atoms with Gasteiger partial charge in [-0.3, -0.25) is 19.6 Å². The number of aromatic nitrogens is 2. The van der Waals surface area contributed by atoms with Gasteiger partial charge in [-0.25, -0.2) is 0 Å². The van der Waals surface area contributed by atoms with Crippen LogP contribution in [0.15, 0.2) is 24.3 Å². The molecule has 3 rings (SSSR count). The van der Waals surface area contributed by atoms with Gasteiger partial charge in [-0.2, -0.15) is 5.10 Å². The number of amides is 2. The second kappa shape index (κ2) is 7.67. The van der Waals surface area contributed by atoms with Gasteiger partial charge in [-0.1, -0.05) is 0 Å². The zero-order chi connectivity index (χ0) is 18.7. The molecule has 0 fully saturated rings. The third-order valence-electron chi connectivity index (χ3n) is 4.44. The molecule has 0 saturated carbocycles. The fraction of sp³-hybridized carbons (Fsp3) is 0.389. The Labute approximate surface area is 151 Å². The van der Waals surface area contributed by atoms with Crippen LogP contribution in [-0.2, 0) is 24.4 Å². The number of rotatable bonds is 5. The normalized spacial score (nSPS) is 14.0. The van der Waals surface area contributed by atoms with Crippen molar-refractivity contribution in [2.45, 2.75) is 19.6 Å². The van der Waals surface area contributed by atoms with Crippen LogP contribution < -0.4 is 5.32 Å². The third kappa shape index (κ3) is 3.92. The van der Waals surface area contributed by atoms with Gasteiger partial charge in [-0.15, -0.1) is 0 Å². The quantitative estimate of drug-likeness (QED) is 0.727. The molecule has 0 spiro atoms. The molecule has 1 aliphatic rings. The minimum Gasteiger partial charge on any atom is -0.390 e. The zero-order valence-corrected chi connectivity index (χ0v) is 15.0. The number of hydrogen-bond acceptors (Lipinski definition) is 5. The number of H-pyrrole nitrogens is 1. The number of anilines is 1. The van der Waals surface area contributed by atoms with Crippen LogP contribution in [0.25, 0.3) is 0 Å². The average molecular weight is 357 g/mol. The van der Waals surface area contributed by atoms with Gasteiger partial charge in [0.1, 0.15) is 0 Å². The maximum Gasteiger partial charge on any atom is 0.253 e. The summed E-state index contributed by atoms with van der Waals surface area (Å²) >= 11 is 0. The Morgan fingerprint density at radius 3 is 2.69 bits per heavy atom. The van der Waals surface area contributed by atoms with Crippen LogP contribution in [-0.4, -0.2) is 64.1 Å². The lowest BCUT2D eigenvalue weighted by Crippen LogP contribution is -2.37. The molecule has 1 aromatic heterocycles. The van der Waals surface area contributed by atoms with E-state index >= 15 is 0 Å². The topological polar surface area (TPSA) is 102 Å². The maximum atomic E-state index is 12.3. The van der Waals surface area contributed by atoms with Crippen molar-refractivity contribution in [2.24, 2.45) is 0 Å². The molecule has 0 aliphatic carbocycles. The van der Waals surface area contributed by atoms with E-state index in [1.165, 1.54) is 4.90 Å². The summed E-state index contributed by atoms with van der Waals surface area (Å²) in [6.07, 6.45) is 0.775. The molecule has 0 unspecified atom stereocenters. The Morgan fingerprint density at radius 2 is 2.04 bits per heavy atom. The molecule has 1 aromatic carbocycles. The smallest absolute Gasteiger partial charge is 0.253 e. The number of fused-ring (bicyclic) bond motifs is 1. The monoisotopic (exact) mass is 357 g/mol. The number of carbonyl (C=O) groups excluding carboxylic acids is 2. The Bertz CT molecular complexity index is 784. The fourth-order valence-corrected chi connectivity index (χ4v) is 3.03. The second-order valence-corrected chi connectivity index (χ2v) is 6.57. The SMILES string of the molecule is CN(C)C(=O)c1ccc(NC(=O)CN2CCc3[nH]nc(CO)c3C2)cc1. The number of hydrogen-bond donors (Lipinski definition) is 3. The lowest BCUT2D eigenvalue weighted by Gasteiger charge is -2.26. The molecule has 138 valence electrons. The highest BCUT2D eigenvalue weighted by Crippen LogP contribution is 2.20. The summed E-state index contributed by atoms with van der Waals surface area (Å²) in [4.78, 5) is 27.7. The highest BCUT2D eigenvalue weighted by atomic mass is 16.3. The fourth-order valence-electron chi connectivity index (χ4n) is 3.03. The molecule has 2 amide bonds. The number of benzene rings is 1. The van der Waals surface area contributed by atoms with Crippen molar-refractivity contribution >= 4 is 17.5 Å². The van der Waals surface area contributed by atoms with Crippen molar-refractivity contribution in [3.05, 3.63) is 46.8 Å². The molecule has 8 nitrogen and oxygen atoms in total. The van der Waals surface area contributed by atoms with Crippen molar-refractivity contribution in [1.29, 1.82) is 0 Å². The van der Waals surface area contributed by atoms with Crippen molar-refractivity contribution in [2.75, 3.05) is 32.5 Å². The summed E-state index contributed by atoms with van der Waals surface area (Å²) in [5.74, 6) is -0.194. The van der Waals surface area contributed by atoms with Crippen LogP contribution in [0.2, 0.25) is 0 Å². The van der Waals surface area contributed by atoms with Gasteiger partial charge in [0.2, 0.25) is 5.91 Å². The van der Waals surface area contributed by atoms with Gasteiger partial charge in [0.15, 0.2) is 0 Å². The van der Waals surface area contributed by atoms with Crippen molar-refractivity contribution in [1.82, 2.24) is 20.0 Å². The summed E-state index contributed by atoms with van der Waals surface area (Å²) in [5, 5.41) is 19.2. The highest BCUT2D eigenvalue weighted by molar-refractivity contribution is 5.96. The standard InChI is InChI=1S/C18H23N5O3/c1-22(2)18(26)12-3-5-13(6-4-12)19-17(25)10-23-8-7-15-14(9-23)16(11-24)21-20-15/h3-6,24H,7-11H2,1-2H3,(H,19,25)(H,20,21). The first-order valence-electron chi connectivity index (χ1n) is 8.47. The first kappa shape index (κ1) is 18.1. The van der Waals surface area contributed by atoms with E-state index in [1.54, 1.807) is 38.4 Å². The Kier molecular flexibility index (Phi) is 5.34. The number of nitrogens with one attached hydrogen (secondary N) is 2. The maximum absolute atomic E-state index is 12.3. The lowest BCUT2D eigenvalue weighted by molar-refractivity contribution is -0.117. The van der Waals surface area contributed by atoms with Gasteiger partial charge in [-0.05, 0) is 24.3 Å². The predicted octanol–water partition coefficient (Wildman–Crippen LogP) is 0.601. The number of aromatic amines is 1. The molecule has 0 atom stereocenters. The van der Waals surface area contributed by atoms with E-state index in [2.05, 4.69) is 15.5 Å². The van der Waals surface area contributed by atoms with Crippen molar-refractivity contribution in [3.8, 4) is 0 Å². The molecular formula is C18H23N5O3. The van der Waals surface area contributed by atoms with Gasteiger partial charge < -0.3 is 15.3 Å². The van der Waals surface area contributed by atoms with Gasteiger partial charge in [0, 0.05) is 56.1 Å². The van der Waals surface area contributed by atoms with Crippen molar-refractivity contribution in [3.63, 3.8) is 0 Å². The van der Waals surface area contributed by atoms with Crippen LogP contribution in [0, 0.1) is 0 Å². The highest BCUT2D eigenvalue weighted by Gasteiger charge is 2.23. The van der Waals surface area contributed by atoms with Crippen LogP contribution >= 0.6 is 0 Å². The van der Waals surface area contributed by atoms with E-state index in [0.717, 1.165) is 24.2 Å². The van der Waals surface area contributed by atoms with E-state index in [1.807, 2.05) is 4.90 Å². The second-order valence-electron chi connectivity index (χ2n) is 6.57. The number of carbonyl (C=O) groups is 2. The lowest BCUT2D eigenvalue weighted by atomic mass is 10.1. The number of aliphatic hydroxyl groups is 1. The summed E-state index contributed by atoms with van der Waals surface area (Å²) in [5.41, 5.74) is 3.90. The van der Waals surface area contributed by atoms with Crippen LogP contribution in [0.4, 0.5) is 5.69 Å². The van der Waals surface area contributed by atoms with Gasteiger partial charge >= 0.3 is 0 Å². The van der Waals surface area contributed by atoms with E-state index in [0.29, 0.717) is 23.5 Å². The zero-order valence-electron chi connectivity index (χ0n) is 15.0. The largest absolute Gasteiger partial charge is 0.390 e. The molecule has 0 radical (unpaired) electrons. The Hall–Kier alpha value is -2.71. The summed E-state index contributed by atoms with van der Waals surface area (Å²) < 4.78 is 0. The molecule has 3 N–H and O–H groups in total. The van der Waals surface area contributed by atoms with Gasteiger partial charge in [0.05, 0.1) is 18.8 Å². The molecule has 2 heterocycles. The third-order valence-corrected chi connectivity index (χ3v) is 4.44. The minimum atomic E-state index is -0.117. The molecule has 2 aromatic rings. The Balaban J connectivity index is 1.57. The van der Waals surface area contributed by atoms with Crippen LogP contribution in [0.3, 0.4) is 0 Å². The van der Waals surface area contributed by atoms with Gasteiger partial charge in [0.25, 0.3) is 5.91 Å². The number of nitrogens with zero attached hydrogens (tertiary/aromatic N) is 3. The predicted molar refractivity (Wildman–Crippen MR) is 96.6 cm³/mol. The summed E-state index contributed by atoms with van der Waals surface area (Å²) in [6.45, 7) is 1.49. The van der Waals surface area contributed by atoms with Crippen molar-refractivity contribution < 1.29 is 14.7 Å². The van der Waals surface area contributed by atoms with E-state index in [4.69, 9.17) is 0 Å². The van der Waals surface area contributed by atoms with Crippen LogP contribution in [0.5, 0.6) is 0 Å². The molecular weight excluding hydrogens is 334 g/mol. The first-order valence-corrected chi connectivity index (χ1v) is 8.47. The molecule has 8 heteroatoms. The molecule has 0 saturated heterocycles. The Morgan fingerprint density at radius 1 is 1.31 bits per heavy atom. The summed E-state index contributed by atoms with van der Waals surface area (Å²) in [7, 11) is 3.40. The average Bonchev–Trinajstić information content (AvgIpc) is 3.04. The molecule has 0 bridgehead atoms. The van der Waals surface area contributed by atoms with Crippen LogP contribution in [0.1, 0.15) is 27.3 Å². The first-order chi connectivity index (χ1) is 12.5. The van der Waals surface area contributed by atoms with E-state index in [-0.39, 0.29) is 25.0 Å². The molecule has 1 aliphatic heterocycles. The molecule has 26 heavy (non-hydrogen) atoms. The minimum absolute atomic E-state index is 0.0770. The van der Waals surface area contributed by atoms with E-state index in [9.17, 15) is 14.7 Å².